The summed E-state index contributed by atoms with van der Waals surface area (Å²) >= 11 is 0. The molecule has 2 aromatic carbocycles. The van der Waals surface area contributed by atoms with Gasteiger partial charge in [-0.2, -0.15) is 0 Å². The van der Waals surface area contributed by atoms with Crippen LogP contribution in [0.2, 0.25) is 0 Å². The monoisotopic (exact) mass is 390 g/mol. The van der Waals surface area contributed by atoms with Crippen LogP contribution in [0.5, 0.6) is 11.5 Å². The number of hydrogen-bond acceptors (Lipinski definition) is 5. The van der Waals surface area contributed by atoms with E-state index < -0.39 is 23.1 Å². The van der Waals surface area contributed by atoms with Gasteiger partial charge in [0.15, 0.2) is 5.82 Å². The lowest BCUT2D eigenvalue weighted by Crippen LogP contribution is -2.36. The van der Waals surface area contributed by atoms with Crippen LogP contribution in [-0.4, -0.2) is 21.9 Å². The highest BCUT2D eigenvalue weighted by molar-refractivity contribution is 5.85. The van der Waals surface area contributed by atoms with Crippen LogP contribution in [-0.2, 0) is 16.8 Å². The van der Waals surface area contributed by atoms with Gasteiger partial charge < -0.3 is 20.3 Å². The number of nitrogens with one attached hydrogen (secondary N) is 2. The third kappa shape index (κ3) is 5.60. The Morgan fingerprint density at radius 2 is 1.79 bits per heavy atom. The van der Waals surface area contributed by atoms with Crippen LogP contribution in [0.15, 0.2) is 36.4 Å². The number of aromatic hydroxyl groups is 2. The van der Waals surface area contributed by atoms with Crippen molar-refractivity contribution in [2.45, 2.75) is 52.3 Å². The molecule has 6 nitrogen and oxygen atoms in total. The molecule has 0 atom stereocenters. The molecule has 7 heteroatoms. The number of phenols is 2. The fraction of sp³-hybridized carbons (Fsp3) is 0.381. The Labute approximate surface area is 164 Å². The molecule has 0 saturated carbocycles. The molecule has 0 aliphatic rings. The zero-order valence-corrected chi connectivity index (χ0v) is 16.8. The van der Waals surface area contributed by atoms with E-state index in [1.54, 1.807) is 39.0 Å². The zero-order valence-electron chi connectivity index (χ0n) is 16.8. The van der Waals surface area contributed by atoms with Crippen molar-refractivity contribution in [2.75, 3.05) is 5.32 Å². The quantitative estimate of drug-likeness (QED) is 0.599. The van der Waals surface area contributed by atoms with Crippen molar-refractivity contribution < 1.29 is 24.1 Å². The number of carbonyl (C=O) groups excluding carboxylic acids is 1. The fourth-order valence-electron chi connectivity index (χ4n) is 2.69. The molecule has 28 heavy (non-hydrogen) atoms. The summed E-state index contributed by atoms with van der Waals surface area (Å²) in [6.45, 7) is 9.00. The molecule has 0 spiro atoms. The topological polar surface area (TPSA) is 90.8 Å². The van der Waals surface area contributed by atoms with Crippen molar-refractivity contribution in [3.05, 3.63) is 53.3 Å². The Morgan fingerprint density at radius 3 is 2.39 bits per heavy atom. The van der Waals surface area contributed by atoms with E-state index in [2.05, 4.69) is 10.6 Å². The number of anilines is 1. The first-order valence-corrected chi connectivity index (χ1v) is 8.94. The Morgan fingerprint density at radius 1 is 1.11 bits per heavy atom. The van der Waals surface area contributed by atoms with Gasteiger partial charge in [0.2, 0.25) is 0 Å². The van der Waals surface area contributed by atoms with E-state index in [-0.39, 0.29) is 23.7 Å². The Bertz CT molecular complexity index is 860. The summed E-state index contributed by atoms with van der Waals surface area (Å²) in [5, 5.41) is 25.1. The molecular formula is C21H27FN2O4. The highest BCUT2D eigenvalue weighted by Crippen LogP contribution is 2.32. The van der Waals surface area contributed by atoms with Crippen LogP contribution in [0.1, 0.15) is 45.7 Å². The Kier molecular flexibility index (Phi) is 6.19. The molecule has 0 aliphatic carbocycles. The fourth-order valence-corrected chi connectivity index (χ4v) is 2.69. The first kappa shape index (κ1) is 21.5. The molecule has 152 valence electrons. The van der Waals surface area contributed by atoms with Crippen molar-refractivity contribution in [2.24, 2.45) is 0 Å². The maximum absolute atomic E-state index is 14.8. The summed E-state index contributed by atoms with van der Waals surface area (Å²) in [5.74, 6) is -0.658. The molecule has 2 aromatic rings. The molecule has 0 heterocycles. The smallest absolute Gasteiger partial charge is 0.412 e. The van der Waals surface area contributed by atoms with Gasteiger partial charge in [-0.15, -0.1) is 0 Å². The van der Waals surface area contributed by atoms with Crippen molar-refractivity contribution in [3.63, 3.8) is 0 Å². The third-order valence-corrected chi connectivity index (χ3v) is 4.09. The average Bonchev–Trinajstić information content (AvgIpc) is 2.53. The molecule has 0 aliphatic heterocycles. The lowest BCUT2D eigenvalue weighted by molar-refractivity contribution is 0.0635. The van der Waals surface area contributed by atoms with Gasteiger partial charge in [0.05, 0.1) is 5.69 Å². The molecule has 0 aromatic heterocycles. The number of benzene rings is 2. The average molecular weight is 390 g/mol. The molecular weight excluding hydrogens is 363 g/mol. The summed E-state index contributed by atoms with van der Waals surface area (Å²) in [7, 11) is 0. The molecule has 1 amide bonds. The second-order valence-corrected chi connectivity index (χ2v) is 8.09. The minimum atomic E-state index is -0.731. The van der Waals surface area contributed by atoms with Crippen LogP contribution in [0.25, 0.3) is 0 Å². The minimum Gasteiger partial charge on any atom is -0.508 e. The second kappa shape index (κ2) is 8.06. The second-order valence-electron chi connectivity index (χ2n) is 8.09. The first-order chi connectivity index (χ1) is 12.9. The SMILES string of the molecule is CC(C)(C)OC(=O)Nc1cccc(CNC(C)(C)c2ccc(O)cc2O)c1F. The first-order valence-electron chi connectivity index (χ1n) is 8.94. The van der Waals surface area contributed by atoms with Crippen molar-refractivity contribution in [1.29, 1.82) is 0 Å². The summed E-state index contributed by atoms with van der Waals surface area (Å²) in [4.78, 5) is 11.9. The van der Waals surface area contributed by atoms with Gasteiger partial charge in [-0.25, -0.2) is 9.18 Å². The third-order valence-electron chi connectivity index (χ3n) is 4.09. The summed E-state index contributed by atoms with van der Waals surface area (Å²) in [6.07, 6.45) is -0.731. The van der Waals surface area contributed by atoms with E-state index in [1.807, 2.05) is 13.8 Å². The highest BCUT2D eigenvalue weighted by Gasteiger charge is 2.24. The summed E-state index contributed by atoms with van der Waals surface area (Å²) in [6, 6.07) is 9.04. The Hall–Kier alpha value is -2.80. The number of hydrogen-bond donors (Lipinski definition) is 4. The van der Waals surface area contributed by atoms with Gasteiger partial charge in [0.1, 0.15) is 17.1 Å². The van der Waals surface area contributed by atoms with Crippen LogP contribution >= 0.6 is 0 Å². The molecule has 0 fully saturated rings. The van der Waals surface area contributed by atoms with Gasteiger partial charge in [-0.1, -0.05) is 12.1 Å². The maximum Gasteiger partial charge on any atom is 0.412 e. The zero-order chi connectivity index (χ0) is 21.1. The number of phenolic OH excluding ortho intramolecular Hbond substituents is 2. The number of halogens is 1. The number of amides is 1. The molecule has 4 N–H and O–H groups in total. The summed E-state index contributed by atoms with van der Waals surface area (Å²) in [5.41, 5.74) is -0.443. The predicted octanol–water partition coefficient (Wildman–Crippen LogP) is 4.61. The van der Waals surface area contributed by atoms with E-state index in [0.29, 0.717) is 11.1 Å². The van der Waals surface area contributed by atoms with E-state index >= 15 is 0 Å². The van der Waals surface area contributed by atoms with Crippen LogP contribution in [0.4, 0.5) is 14.9 Å². The van der Waals surface area contributed by atoms with E-state index in [1.165, 1.54) is 18.2 Å². The molecule has 2 rings (SSSR count). The van der Waals surface area contributed by atoms with Crippen molar-refractivity contribution >= 4 is 11.8 Å². The normalized spacial score (nSPS) is 11.9. The van der Waals surface area contributed by atoms with Crippen LogP contribution in [0, 0.1) is 5.82 Å². The van der Waals surface area contributed by atoms with Crippen molar-refractivity contribution in [3.8, 4) is 11.5 Å². The molecule has 0 bridgehead atoms. The largest absolute Gasteiger partial charge is 0.508 e. The Balaban J connectivity index is 2.13. The van der Waals surface area contributed by atoms with Gasteiger partial charge >= 0.3 is 6.09 Å². The number of rotatable bonds is 5. The highest BCUT2D eigenvalue weighted by atomic mass is 19.1. The van der Waals surface area contributed by atoms with E-state index in [4.69, 9.17) is 4.74 Å². The van der Waals surface area contributed by atoms with Gasteiger partial charge in [0, 0.05) is 29.3 Å². The molecule has 0 unspecified atom stereocenters. The van der Waals surface area contributed by atoms with Crippen LogP contribution < -0.4 is 10.6 Å². The maximum atomic E-state index is 14.8. The predicted molar refractivity (Wildman–Crippen MR) is 106 cm³/mol. The standard InChI is InChI=1S/C21H27FN2O4/c1-20(2,3)28-19(27)24-16-8-6-7-13(18(16)22)12-23-21(4,5)15-10-9-14(25)11-17(15)26/h6-11,23,25-26H,12H2,1-5H3,(H,24,27). The van der Waals surface area contributed by atoms with Gasteiger partial charge in [-0.05, 0) is 52.8 Å². The van der Waals surface area contributed by atoms with Crippen LogP contribution in [0.3, 0.4) is 0 Å². The van der Waals surface area contributed by atoms with E-state index in [0.717, 1.165) is 0 Å². The van der Waals surface area contributed by atoms with Crippen molar-refractivity contribution in [1.82, 2.24) is 5.32 Å². The molecule has 0 saturated heterocycles. The lowest BCUT2D eigenvalue weighted by Gasteiger charge is -2.28. The van der Waals surface area contributed by atoms with Gasteiger partial charge in [0.25, 0.3) is 0 Å². The van der Waals surface area contributed by atoms with E-state index in [9.17, 15) is 19.4 Å². The number of carbonyl (C=O) groups is 1. The molecule has 0 radical (unpaired) electrons. The number of ether oxygens (including phenoxy) is 1. The van der Waals surface area contributed by atoms with Gasteiger partial charge in [-0.3, -0.25) is 5.32 Å². The summed E-state index contributed by atoms with van der Waals surface area (Å²) < 4.78 is 19.9. The lowest BCUT2D eigenvalue weighted by atomic mass is 9.92. The minimum absolute atomic E-state index is 0.0267.